The first kappa shape index (κ1) is 25.9. The van der Waals surface area contributed by atoms with Crippen LogP contribution in [0.3, 0.4) is 0 Å². The van der Waals surface area contributed by atoms with Crippen LogP contribution >= 0.6 is 22.9 Å². The number of sulfonamides is 1. The molecular weight excluding hydrogens is 526 g/mol. The van der Waals surface area contributed by atoms with Crippen molar-refractivity contribution in [3.63, 3.8) is 0 Å². The number of halogens is 1. The third-order valence-electron chi connectivity index (χ3n) is 6.89. The van der Waals surface area contributed by atoms with E-state index in [0.29, 0.717) is 27.8 Å². The second kappa shape index (κ2) is 10.9. The number of para-hydroxylation sites is 1. The number of carbonyl (C=O) groups is 1. The summed E-state index contributed by atoms with van der Waals surface area (Å²) in [4.78, 5) is 20.2. The summed E-state index contributed by atoms with van der Waals surface area (Å²) in [6.07, 6.45) is 5.01. The number of anilines is 1. The maximum atomic E-state index is 13.8. The van der Waals surface area contributed by atoms with Gasteiger partial charge in [0, 0.05) is 18.7 Å². The molecule has 0 N–H and O–H groups in total. The minimum atomic E-state index is -3.64. The first-order chi connectivity index (χ1) is 17.8. The van der Waals surface area contributed by atoms with Crippen molar-refractivity contribution in [2.75, 3.05) is 11.9 Å². The molecule has 3 aromatic carbocycles. The van der Waals surface area contributed by atoms with Crippen molar-refractivity contribution >= 4 is 54.2 Å². The third kappa shape index (κ3) is 5.43. The molecule has 1 aromatic heterocycles. The van der Waals surface area contributed by atoms with Gasteiger partial charge in [-0.25, -0.2) is 13.4 Å². The number of carbonyl (C=O) groups excluding carboxylic acids is 1. The smallest absolute Gasteiger partial charge is 0.260 e. The largest absolute Gasteiger partial charge is 0.279 e. The van der Waals surface area contributed by atoms with Crippen LogP contribution in [0.2, 0.25) is 5.02 Å². The second-order valence-electron chi connectivity index (χ2n) is 9.30. The van der Waals surface area contributed by atoms with Gasteiger partial charge in [0.1, 0.15) is 5.52 Å². The van der Waals surface area contributed by atoms with E-state index in [0.717, 1.165) is 42.4 Å². The maximum absolute atomic E-state index is 13.8. The number of hydrogen-bond acceptors (Lipinski definition) is 5. The Balaban J connectivity index is 1.45. The summed E-state index contributed by atoms with van der Waals surface area (Å²) in [6, 6.07) is 21.5. The Morgan fingerprint density at radius 1 is 0.973 bits per heavy atom. The van der Waals surface area contributed by atoms with E-state index in [1.807, 2.05) is 42.5 Å². The van der Waals surface area contributed by atoms with E-state index in [-0.39, 0.29) is 16.8 Å². The fourth-order valence-electron chi connectivity index (χ4n) is 4.74. The third-order valence-corrected chi connectivity index (χ3v) is 10.2. The highest BCUT2D eigenvalue weighted by Gasteiger charge is 2.29. The number of hydrogen-bond donors (Lipinski definition) is 0. The number of amides is 1. The minimum Gasteiger partial charge on any atom is -0.279 e. The lowest BCUT2D eigenvalue weighted by molar-refractivity contribution is 0.0985. The molecule has 37 heavy (non-hydrogen) atoms. The maximum Gasteiger partial charge on any atom is 0.260 e. The molecule has 1 heterocycles. The molecule has 0 spiro atoms. The quantitative estimate of drug-likeness (QED) is 0.254. The molecule has 4 aromatic rings. The van der Waals surface area contributed by atoms with Crippen LogP contribution in [0, 0.1) is 0 Å². The lowest BCUT2D eigenvalue weighted by atomic mass is 9.96. The zero-order chi connectivity index (χ0) is 26.0. The van der Waals surface area contributed by atoms with Crippen molar-refractivity contribution < 1.29 is 13.2 Å². The molecule has 0 bridgehead atoms. The van der Waals surface area contributed by atoms with Gasteiger partial charge in [0.25, 0.3) is 5.91 Å². The monoisotopic (exact) mass is 553 g/mol. The number of nitrogens with zero attached hydrogens (tertiary/aromatic N) is 3. The predicted octanol–water partition coefficient (Wildman–Crippen LogP) is 6.75. The Morgan fingerprint density at radius 3 is 2.35 bits per heavy atom. The van der Waals surface area contributed by atoms with Gasteiger partial charge < -0.3 is 0 Å². The molecule has 1 saturated carbocycles. The lowest BCUT2D eigenvalue weighted by Crippen LogP contribution is -2.38. The first-order valence-electron chi connectivity index (χ1n) is 12.3. The SMILES string of the molecule is CN(C1CCCCC1)S(=O)(=O)c1ccc(C(=O)N(Cc2ccccc2)c2nc3c(Cl)cccc3s2)cc1. The first-order valence-corrected chi connectivity index (χ1v) is 15.0. The Hall–Kier alpha value is -2.78. The molecule has 0 atom stereocenters. The van der Waals surface area contributed by atoms with Gasteiger partial charge in [-0.3, -0.25) is 9.69 Å². The standard InChI is InChI=1S/C28H28ClN3O3S2/c1-31(22-11-6-3-7-12-22)37(34,35)23-17-15-21(16-18-23)27(33)32(19-20-9-4-2-5-10-20)28-30-26-24(29)13-8-14-25(26)36-28/h2,4-5,8-10,13-18,22H,3,6-7,11-12,19H2,1H3. The van der Waals surface area contributed by atoms with Gasteiger partial charge in [-0.15, -0.1) is 0 Å². The summed E-state index contributed by atoms with van der Waals surface area (Å²) in [6.45, 7) is 0.321. The van der Waals surface area contributed by atoms with Gasteiger partial charge in [0.05, 0.1) is 21.2 Å². The van der Waals surface area contributed by atoms with E-state index in [1.165, 1.54) is 27.8 Å². The summed E-state index contributed by atoms with van der Waals surface area (Å²) >= 11 is 7.75. The van der Waals surface area contributed by atoms with Crippen molar-refractivity contribution in [3.8, 4) is 0 Å². The van der Waals surface area contributed by atoms with Gasteiger partial charge >= 0.3 is 0 Å². The highest BCUT2D eigenvalue weighted by molar-refractivity contribution is 7.89. The molecular formula is C28H28ClN3O3S2. The number of benzene rings is 3. The molecule has 9 heteroatoms. The van der Waals surface area contributed by atoms with E-state index < -0.39 is 10.0 Å². The van der Waals surface area contributed by atoms with Crippen LogP contribution in [0.25, 0.3) is 10.2 Å². The van der Waals surface area contributed by atoms with Crippen LogP contribution in [0.4, 0.5) is 5.13 Å². The van der Waals surface area contributed by atoms with E-state index in [2.05, 4.69) is 4.98 Å². The van der Waals surface area contributed by atoms with Crippen LogP contribution < -0.4 is 4.90 Å². The molecule has 0 radical (unpaired) electrons. The number of rotatable bonds is 7. The van der Waals surface area contributed by atoms with Crippen molar-refractivity contribution in [2.45, 2.75) is 49.6 Å². The molecule has 5 rings (SSSR count). The minimum absolute atomic E-state index is 0.0206. The number of fused-ring (bicyclic) bond motifs is 1. The van der Waals surface area contributed by atoms with Crippen molar-refractivity contribution in [3.05, 3.63) is 88.9 Å². The van der Waals surface area contributed by atoms with Gasteiger partial charge in [-0.05, 0) is 54.8 Å². The number of aromatic nitrogens is 1. The fraction of sp³-hybridized carbons (Fsp3) is 0.286. The van der Waals surface area contributed by atoms with Gasteiger partial charge in [-0.2, -0.15) is 4.31 Å². The average Bonchev–Trinajstić information content (AvgIpc) is 3.37. The zero-order valence-electron chi connectivity index (χ0n) is 20.5. The van der Waals surface area contributed by atoms with Crippen molar-refractivity contribution in [1.29, 1.82) is 0 Å². The summed E-state index contributed by atoms with van der Waals surface area (Å²) in [5, 5.41) is 1.06. The van der Waals surface area contributed by atoms with Crippen molar-refractivity contribution in [2.24, 2.45) is 0 Å². The van der Waals surface area contributed by atoms with E-state index in [9.17, 15) is 13.2 Å². The van der Waals surface area contributed by atoms with Crippen LogP contribution in [0.15, 0.2) is 77.7 Å². The predicted molar refractivity (Wildman–Crippen MR) is 150 cm³/mol. The van der Waals surface area contributed by atoms with E-state index >= 15 is 0 Å². The molecule has 0 aliphatic heterocycles. The topological polar surface area (TPSA) is 70.6 Å². The summed E-state index contributed by atoms with van der Waals surface area (Å²) in [5.41, 5.74) is 2.00. The normalized spacial score (nSPS) is 14.8. The Kier molecular flexibility index (Phi) is 7.62. The summed E-state index contributed by atoms with van der Waals surface area (Å²) in [7, 11) is -1.98. The molecule has 1 amide bonds. The molecule has 6 nitrogen and oxygen atoms in total. The zero-order valence-corrected chi connectivity index (χ0v) is 22.9. The van der Waals surface area contributed by atoms with Crippen LogP contribution in [0.5, 0.6) is 0 Å². The molecule has 1 aliphatic carbocycles. The molecule has 1 aliphatic rings. The summed E-state index contributed by atoms with van der Waals surface area (Å²) < 4.78 is 28.9. The molecule has 1 fully saturated rings. The highest BCUT2D eigenvalue weighted by Crippen LogP contribution is 2.34. The molecule has 0 saturated heterocycles. The molecule has 192 valence electrons. The lowest BCUT2D eigenvalue weighted by Gasteiger charge is -2.30. The average molecular weight is 554 g/mol. The van der Waals surface area contributed by atoms with Crippen LogP contribution in [0.1, 0.15) is 48.0 Å². The fourth-order valence-corrected chi connectivity index (χ4v) is 7.42. The van der Waals surface area contributed by atoms with Gasteiger partial charge in [-0.1, -0.05) is 78.6 Å². The van der Waals surface area contributed by atoms with Crippen LogP contribution in [-0.2, 0) is 16.6 Å². The highest BCUT2D eigenvalue weighted by atomic mass is 35.5. The Labute approximate surface area is 226 Å². The second-order valence-corrected chi connectivity index (χ2v) is 12.7. The van der Waals surface area contributed by atoms with E-state index in [4.69, 9.17) is 11.6 Å². The van der Waals surface area contributed by atoms with Crippen LogP contribution in [-0.4, -0.2) is 36.7 Å². The van der Waals surface area contributed by atoms with Crippen molar-refractivity contribution in [1.82, 2.24) is 9.29 Å². The summed E-state index contributed by atoms with van der Waals surface area (Å²) in [5.74, 6) is -0.261. The van der Waals surface area contributed by atoms with Gasteiger partial charge in [0.2, 0.25) is 10.0 Å². The Morgan fingerprint density at radius 2 is 1.68 bits per heavy atom. The van der Waals surface area contributed by atoms with Gasteiger partial charge in [0.15, 0.2) is 5.13 Å². The molecule has 0 unspecified atom stereocenters. The Bertz CT molecular complexity index is 1500. The van der Waals surface area contributed by atoms with E-state index in [1.54, 1.807) is 30.1 Å². The number of thiazole rings is 1.